The summed E-state index contributed by atoms with van der Waals surface area (Å²) in [7, 11) is 0. The van der Waals surface area contributed by atoms with Gasteiger partial charge in [0, 0.05) is 12.1 Å². The second-order valence-electron chi connectivity index (χ2n) is 6.60. The SMILES string of the molecule is CC(C)Cc1cc2c(cc1O)CCn1cnc(-c3cccs3)c1-2. The molecule has 0 saturated carbocycles. The summed E-state index contributed by atoms with van der Waals surface area (Å²) in [6.45, 7) is 5.28. The molecule has 0 unspecified atom stereocenters. The van der Waals surface area contributed by atoms with Gasteiger partial charge < -0.3 is 9.67 Å². The van der Waals surface area contributed by atoms with Crippen molar-refractivity contribution in [1.29, 1.82) is 0 Å². The standard InChI is InChI=1S/C19H20N2OS/c1-12(2)8-14-9-15-13(10-16(14)22)5-6-21-11-20-18(19(15)21)17-4-3-7-23-17/h3-4,7,9-12,22H,5-6,8H2,1-2H3. The van der Waals surface area contributed by atoms with Gasteiger partial charge in [-0.3, -0.25) is 0 Å². The molecule has 0 atom stereocenters. The molecule has 0 bridgehead atoms. The van der Waals surface area contributed by atoms with Crippen molar-refractivity contribution in [3.63, 3.8) is 0 Å². The third-order valence-electron chi connectivity index (χ3n) is 4.40. The average molecular weight is 324 g/mol. The van der Waals surface area contributed by atoms with Crippen molar-refractivity contribution in [1.82, 2.24) is 9.55 Å². The Morgan fingerprint density at radius 3 is 2.96 bits per heavy atom. The van der Waals surface area contributed by atoms with E-state index >= 15 is 0 Å². The van der Waals surface area contributed by atoms with Crippen molar-refractivity contribution in [2.75, 3.05) is 0 Å². The summed E-state index contributed by atoms with van der Waals surface area (Å²) in [4.78, 5) is 5.86. The first-order chi connectivity index (χ1) is 11.1. The highest BCUT2D eigenvalue weighted by molar-refractivity contribution is 7.13. The summed E-state index contributed by atoms with van der Waals surface area (Å²) in [6.07, 6.45) is 3.78. The normalized spacial score (nSPS) is 13.2. The summed E-state index contributed by atoms with van der Waals surface area (Å²) >= 11 is 1.72. The number of phenols is 1. The summed E-state index contributed by atoms with van der Waals surface area (Å²) in [5, 5.41) is 12.4. The zero-order valence-electron chi connectivity index (χ0n) is 13.4. The van der Waals surface area contributed by atoms with Crippen LogP contribution in [0, 0.1) is 5.92 Å². The number of aromatic hydroxyl groups is 1. The summed E-state index contributed by atoms with van der Waals surface area (Å²) in [6, 6.07) is 8.32. The summed E-state index contributed by atoms with van der Waals surface area (Å²) in [5.41, 5.74) is 5.73. The minimum Gasteiger partial charge on any atom is -0.508 e. The molecule has 0 spiro atoms. The van der Waals surface area contributed by atoms with Gasteiger partial charge in [0.05, 0.1) is 16.9 Å². The molecule has 4 heteroatoms. The Kier molecular flexibility index (Phi) is 3.49. The van der Waals surface area contributed by atoms with Crippen LogP contribution in [0.1, 0.15) is 25.0 Å². The summed E-state index contributed by atoms with van der Waals surface area (Å²) in [5.74, 6) is 0.951. The maximum Gasteiger partial charge on any atom is 0.119 e. The molecule has 0 aliphatic carbocycles. The number of aryl methyl sites for hydroxylation is 2. The van der Waals surface area contributed by atoms with E-state index in [1.54, 1.807) is 11.3 Å². The van der Waals surface area contributed by atoms with E-state index in [2.05, 4.69) is 47.0 Å². The third kappa shape index (κ3) is 2.47. The molecule has 0 radical (unpaired) electrons. The van der Waals surface area contributed by atoms with Crippen molar-refractivity contribution >= 4 is 11.3 Å². The minimum atomic E-state index is 0.433. The Hall–Kier alpha value is -2.07. The molecule has 3 heterocycles. The van der Waals surface area contributed by atoms with Crippen LogP contribution < -0.4 is 0 Å². The van der Waals surface area contributed by atoms with Crippen LogP contribution in [0.5, 0.6) is 5.75 Å². The molecule has 1 N–H and O–H groups in total. The van der Waals surface area contributed by atoms with Gasteiger partial charge in [0.1, 0.15) is 11.4 Å². The van der Waals surface area contributed by atoms with Gasteiger partial charge in [-0.2, -0.15) is 0 Å². The Labute approximate surface area is 140 Å². The predicted octanol–water partition coefficient (Wildman–Crippen LogP) is 4.74. The van der Waals surface area contributed by atoms with E-state index in [9.17, 15) is 5.11 Å². The Balaban J connectivity index is 1.90. The van der Waals surface area contributed by atoms with Crippen LogP contribution in [0.25, 0.3) is 21.8 Å². The lowest BCUT2D eigenvalue weighted by Gasteiger charge is -2.22. The van der Waals surface area contributed by atoms with E-state index in [4.69, 9.17) is 0 Å². The molecular formula is C19H20N2OS. The van der Waals surface area contributed by atoms with Gasteiger partial charge in [-0.25, -0.2) is 4.98 Å². The molecule has 0 fully saturated rings. The van der Waals surface area contributed by atoms with Gasteiger partial charge >= 0.3 is 0 Å². The van der Waals surface area contributed by atoms with Gasteiger partial charge in [0.15, 0.2) is 0 Å². The lowest BCUT2D eigenvalue weighted by atomic mass is 9.91. The van der Waals surface area contributed by atoms with Gasteiger partial charge in [-0.05, 0) is 53.5 Å². The van der Waals surface area contributed by atoms with Crippen molar-refractivity contribution in [3.05, 3.63) is 47.1 Å². The monoisotopic (exact) mass is 324 g/mol. The van der Waals surface area contributed by atoms with Gasteiger partial charge in [0.25, 0.3) is 0 Å². The number of aromatic nitrogens is 2. The minimum absolute atomic E-state index is 0.433. The second kappa shape index (κ2) is 5.53. The molecule has 0 saturated heterocycles. The highest BCUT2D eigenvalue weighted by Gasteiger charge is 2.23. The highest BCUT2D eigenvalue weighted by atomic mass is 32.1. The van der Waals surface area contributed by atoms with E-state index in [1.165, 1.54) is 21.7 Å². The lowest BCUT2D eigenvalue weighted by molar-refractivity contribution is 0.461. The Morgan fingerprint density at radius 2 is 2.22 bits per heavy atom. The van der Waals surface area contributed by atoms with E-state index in [1.807, 2.05) is 12.4 Å². The first kappa shape index (κ1) is 14.5. The van der Waals surface area contributed by atoms with Crippen molar-refractivity contribution in [3.8, 4) is 27.6 Å². The number of imidazole rings is 1. The van der Waals surface area contributed by atoms with E-state index in [0.29, 0.717) is 11.7 Å². The molecule has 1 aliphatic heterocycles. The molecule has 0 amide bonds. The topological polar surface area (TPSA) is 38.0 Å². The quantitative estimate of drug-likeness (QED) is 0.756. The van der Waals surface area contributed by atoms with Crippen molar-refractivity contribution in [2.24, 2.45) is 5.92 Å². The molecule has 2 aromatic heterocycles. The summed E-state index contributed by atoms with van der Waals surface area (Å²) < 4.78 is 2.24. The number of thiophene rings is 1. The number of phenolic OH excluding ortho intramolecular Hbond substituents is 1. The lowest BCUT2D eigenvalue weighted by Crippen LogP contribution is -2.11. The first-order valence-corrected chi connectivity index (χ1v) is 8.95. The molecule has 3 nitrogen and oxygen atoms in total. The number of benzene rings is 1. The smallest absolute Gasteiger partial charge is 0.119 e. The van der Waals surface area contributed by atoms with Crippen LogP contribution in [-0.4, -0.2) is 14.7 Å². The van der Waals surface area contributed by atoms with Gasteiger partial charge in [-0.1, -0.05) is 19.9 Å². The Morgan fingerprint density at radius 1 is 1.35 bits per heavy atom. The largest absolute Gasteiger partial charge is 0.508 e. The number of rotatable bonds is 3. The zero-order valence-corrected chi connectivity index (χ0v) is 14.2. The maximum absolute atomic E-state index is 10.3. The highest BCUT2D eigenvalue weighted by Crippen LogP contribution is 2.40. The van der Waals surface area contributed by atoms with E-state index < -0.39 is 0 Å². The van der Waals surface area contributed by atoms with Crippen LogP contribution in [0.15, 0.2) is 36.0 Å². The second-order valence-corrected chi connectivity index (χ2v) is 7.55. The van der Waals surface area contributed by atoms with Crippen molar-refractivity contribution < 1.29 is 5.11 Å². The number of hydrogen-bond acceptors (Lipinski definition) is 3. The number of nitrogens with zero attached hydrogens (tertiary/aromatic N) is 2. The van der Waals surface area contributed by atoms with Crippen LogP contribution >= 0.6 is 11.3 Å². The van der Waals surface area contributed by atoms with E-state index in [0.717, 1.165) is 30.6 Å². The molecule has 23 heavy (non-hydrogen) atoms. The number of fused-ring (bicyclic) bond motifs is 3. The average Bonchev–Trinajstić information content (AvgIpc) is 3.15. The maximum atomic E-state index is 10.3. The number of hydrogen-bond donors (Lipinski definition) is 1. The molecule has 3 aromatic rings. The van der Waals surface area contributed by atoms with Crippen LogP contribution in [-0.2, 0) is 19.4 Å². The zero-order chi connectivity index (χ0) is 16.0. The fourth-order valence-electron chi connectivity index (χ4n) is 3.38. The molecule has 4 rings (SSSR count). The van der Waals surface area contributed by atoms with E-state index in [-0.39, 0.29) is 0 Å². The van der Waals surface area contributed by atoms with Crippen LogP contribution in [0.3, 0.4) is 0 Å². The first-order valence-electron chi connectivity index (χ1n) is 8.07. The van der Waals surface area contributed by atoms with Crippen LogP contribution in [0.2, 0.25) is 0 Å². The molecular weight excluding hydrogens is 304 g/mol. The molecule has 118 valence electrons. The van der Waals surface area contributed by atoms with Gasteiger partial charge in [-0.15, -0.1) is 11.3 Å². The molecule has 1 aromatic carbocycles. The Bertz CT molecular complexity index is 847. The van der Waals surface area contributed by atoms with Crippen LogP contribution in [0.4, 0.5) is 0 Å². The third-order valence-corrected chi connectivity index (χ3v) is 5.28. The van der Waals surface area contributed by atoms with Gasteiger partial charge in [0.2, 0.25) is 0 Å². The molecule has 1 aliphatic rings. The predicted molar refractivity (Wildman–Crippen MR) is 94.9 cm³/mol. The van der Waals surface area contributed by atoms with Crippen molar-refractivity contribution in [2.45, 2.75) is 33.2 Å². The fourth-order valence-corrected chi connectivity index (χ4v) is 4.10. The fraction of sp³-hybridized carbons (Fsp3) is 0.316.